The molecule has 0 radical (unpaired) electrons. The van der Waals surface area contributed by atoms with Crippen LogP contribution in [0.25, 0.3) is 0 Å². The third-order valence-corrected chi connectivity index (χ3v) is 2.62. The molecular formula is C12H18N2. The molecule has 0 aliphatic heterocycles. The van der Waals surface area contributed by atoms with E-state index in [4.69, 9.17) is 0 Å². The molecule has 1 aliphatic carbocycles. The molecule has 0 spiro atoms. The predicted octanol–water partition coefficient (Wildman–Crippen LogP) is 2.64. The number of hydrogen-bond acceptors (Lipinski definition) is 2. The van der Waals surface area contributed by atoms with Gasteiger partial charge in [-0.15, -0.1) is 0 Å². The largest absolute Gasteiger partial charge is 0.370 e. The lowest BCUT2D eigenvalue weighted by Crippen LogP contribution is -2.09. The molecule has 0 saturated carbocycles. The number of rotatable bonds is 3. The van der Waals surface area contributed by atoms with Crippen molar-refractivity contribution in [2.75, 3.05) is 11.9 Å². The molecule has 1 aliphatic rings. The molecule has 1 aromatic heterocycles. The van der Waals surface area contributed by atoms with Crippen LogP contribution >= 0.6 is 0 Å². The predicted molar refractivity (Wildman–Crippen MR) is 59.6 cm³/mol. The number of nitrogens with one attached hydrogen (secondary N) is 1. The third-order valence-electron chi connectivity index (χ3n) is 2.62. The van der Waals surface area contributed by atoms with Crippen LogP contribution < -0.4 is 5.32 Å². The molecule has 2 heteroatoms. The summed E-state index contributed by atoms with van der Waals surface area (Å²) in [5.41, 5.74) is 2.75. The Hall–Kier alpha value is -1.05. The summed E-state index contributed by atoms with van der Waals surface area (Å²) in [5, 5.41) is 3.36. The summed E-state index contributed by atoms with van der Waals surface area (Å²) in [6.45, 7) is 5.42. The minimum Gasteiger partial charge on any atom is -0.370 e. The summed E-state index contributed by atoms with van der Waals surface area (Å²) in [4.78, 5) is 4.61. The van der Waals surface area contributed by atoms with Crippen LogP contribution in [0.5, 0.6) is 0 Å². The smallest absolute Gasteiger partial charge is 0.126 e. The highest BCUT2D eigenvalue weighted by Crippen LogP contribution is 2.21. The zero-order valence-corrected chi connectivity index (χ0v) is 9.01. The van der Waals surface area contributed by atoms with Gasteiger partial charge in [-0.3, -0.25) is 0 Å². The molecule has 0 amide bonds. The second kappa shape index (κ2) is 3.99. The Morgan fingerprint density at radius 2 is 2.21 bits per heavy atom. The molecule has 1 N–H and O–H groups in total. The minimum absolute atomic E-state index is 0.671. The van der Waals surface area contributed by atoms with Crippen molar-refractivity contribution in [3.8, 4) is 0 Å². The van der Waals surface area contributed by atoms with E-state index in [1.54, 1.807) is 0 Å². The fourth-order valence-electron chi connectivity index (χ4n) is 1.83. The molecule has 2 rings (SSSR count). The van der Waals surface area contributed by atoms with Gasteiger partial charge in [-0.25, -0.2) is 4.98 Å². The van der Waals surface area contributed by atoms with Gasteiger partial charge in [-0.2, -0.15) is 0 Å². The second-order valence-corrected chi connectivity index (χ2v) is 4.43. The standard InChI is InChI=1S/C12H18N2/c1-9(2)8-13-12-7-6-10-4-3-5-11(10)14-12/h6-7,9H,3-5,8H2,1-2H3,(H,13,14). The molecule has 0 saturated heterocycles. The lowest BCUT2D eigenvalue weighted by molar-refractivity contribution is 0.686. The van der Waals surface area contributed by atoms with Gasteiger partial charge in [0.05, 0.1) is 0 Å². The molecule has 0 atom stereocenters. The summed E-state index contributed by atoms with van der Waals surface area (Å²) in [6, 6.07) is 4.32. The normalized spacial score (nSPS) is 14.5. The van der Waals surface area contributed by atoms with Gasteiger partial charge in [-0.1, -0.05) is 19.9 Å². The summed E-state index contributed by atoms with van der Waals surface area (Å²) in [6.07, 6.45) is 3.65. The number of pyridine rings is 1. The zero-order chi connectivity index (χ0) is 9.97. The van der Waals surface area contributed by atoms with E-state index in [0.29, 0.717) is 5.92 Å². The second-order valence-electron chi connectivity index (χ2n) is 4.43. The number of hydrogen-bond donors (Lipinski definition) is 1. The highest BCUT2D eigenvalue weighted by atomic mass is 15.0. The molecule has 1 aromatic rings. The van der Waals surface area contributed by atoms with E-state index in [9.17, 15) is 0 Å². The lowest BCUT2D eigenvalue weighted by Gasteiger charge is -2.09. The minimum atomic E-state index is 0.671. The number of fused-ring (bicyclic) bond motifs is 1. The van der Waals surface area contributed by atoms with Gasteiger partial charge in [0.15, 0.2) is 0 Å². The highest BCUT2D eigenvalue weighted by molar-refractivity contribution is 5.40. The molecule has 0 aromatic carbocycles. The van der Waals surface area contributed by atoms with Crippen LogP contribution in [0.15, 0.2) is 12.1 Å². The molecule has 0 bridgehead atoms. The first-order valence-electron chi connectivity index (χ1n) is 5.48. The van der Waals surface area contributed by atoms with Gasteiger partial charge >= 0.3 is 0 Å². The molecule has 2 nitrogen and oxygen atoms in total. The topological polar surface area (TPSA) is 24.9 Å². The molecular weight excluding hydrogens is 172 g/mol. The van der Waals surface area contributed by atoms with Gasteiger partial charge in [0, 0.05) is 12.2 Å². The Bertz CT molecular complexity index is 318. The van der Waals surface area contributed by atoms with Crippen LogP contribution in [-0.4, -0.2) is 11.5 Å². The van der Waals surface area contributed by atoms with Crippen LogP contribution in [0.1, 0.15) is 31.5 Å². The first-order valence-corrected chi connectivity index (χ1v) is 5.48. The van der Waals surface area contributed by atoms with E-state index < -0.39 is 0 Å². The molecule has 0 unspecified atom stereocenters. The molecule has 14 heavy (non-hydrogen) atoms. The number of aromatic nitrogens is 1. The highest BCUT2D eigenvalue weighted by Gasteiger charge is 2.12. The lowest BCUT2D eigenvalue weighted by atomic mass is 10.2. The molecule has 76 valence electrons. The van der Waals surface area contributed by atoms with Gasteiger partial charge < -0.3 is 5.32 Å². The average Bonchev–Trinajstić information content (AvgIpc) is 2.61. The Labute approximate surface area is 85.7 Å². The zero-order valence-electron chi connectivity index (χ0n) is 9.01. The van der Waals surface area contributed by atoms with E-state index in [1.807, 2.05) is 0 Å². The monoisotopic (exact) mass is 190 g/mol. The van der Waals surface area contributed by atoms with Crippen molar-refractivity contribution in [3.63, 3.8) is 0 Å². The number of anilines is 1. The van der Waals surface area contributed by atoms with Crippen LogP contribution in [-0.2, 0) is 12.8 Å². The maximum Gasteiger partial charge on any atom is 0.126 e. The van der Waals surface area contributed by atoms with E-state index in [-0.39, 0.29) is 0 Å². The van der Waals surface area contributed by atoms with Crippen molar-refractivity contribution >= 4 is 5.82 Å². The van der Waals surface area contributed by atoms with E-state index >= 15 is 0 Å². The molecule has 1 heterocycles. The van der Waals surface area contributed by atoms with Crippen molar-refractivity contribution in [3.05, 3.63) is 23.4 Å². The number of nitrogens with zero attached hydrogens (tertiary/aromatic N) is 1. The van der Waals surface area contributed by atoms with E-state index in [1.165, 1.54) is 24.1 Å². The Balaban J connectivity index is 2.05. The van der Waals surface area contributed by atoms with E-state index in [0.717, 1.165) is 18.8 Å². The maximum absolute atomic E-state index is 4.61. The van der Waals surface area contributed by atoms with Crippen molar-refractivity contribution in [2.45, 2.75) is 33.1 Å². The first-order chi connectivity index (χ1) is 6.75. The fourth-order valence-corrected chi connectivity index (χ4v) is 1.83. The SMILES string of the molecule is CC(C)CNc1ccc2c(n1)CCC2. The van der Waals surface area contributed by atoms with Crippen LogP contribution in [0.4, 0.5) is 5.82 Å². The third kappa shape index (κ3) is 2.06. The van der Waals surface area contributed by atoms with Crippen LogP contribution in [0, 0.1) is 5.92 Å². The van der Waals surface area contributed by atoms with Crippen LogP contribution in [0.2, 0.25) is 0 Å². The van der Waals surface area contributed by atoms with Crippen LogP contribution in [0.3, 0.4) is 0 Å². The quantitative estimate of drug-likeness (QED) is 0.792. The molecule has 0 fully saturated rings. The summed E-state index contributed by atoms with van der Waals surface area (Å²) >= 11 is 0. The maximum atomic E-state index is 4.61. The number of aryl methyl sites for hydroxylation is 2. The summed E-state index contributed by atoms with van der Waals surface area (Å²) in [7, 11) is 0. The summed E-state index contributed by atoms with van der Waals surface area (Å²) < 4.78 is 0. The van der Waals surface area contributed by atoms with Crippen molar-refractivity contribution in [1.29, 1.82) is 0 Å². The Morgan fingerprint density at radius 1 is 1.36 bits per heavy atom. The van der Waals surface area contributed by atoms with E-state index in [2.05, 4.69) is 36.3 Å². The Kier molecular flexibility index (Phi) is 2.71. The average molecular weight is 190 g/mol. The van der Waals surface area contributed by atoms with Crippen molar-refractivity contribution in [2.24, 2.45) is 5.92 Å². The first kappa shape index (κ1) is 9.50. The van der Waals surface area contributed by atoms with Gasteiger partial charge in [0.25, 0.3) is 0 Å². The fraction of sp³-hybridized carbons (Fsp3) is 0.583. The Morgan fingerprint density at radius 3 is 3.00 bits per heavy atom. The summed E-state index contributed by atoms with van der Waals surface area (Å²) in [5.74, 6) is 1.71. The van der Waals surface area contributed by atoms with Gasteiger partial charge in [0.2, 0.25) is 0 Å². The van der Waals surface area contributed by atoms with Gasteiger partial charge in [-0.05, 0) is 36.8 Å². The van der Waals surface area contributed by atoms with Crippen molar-refractivity contribution in [1.82, 2.24) is 4.98 Å². The van der Waals surface area contributed by atoms with Crippen molar-refractivity contribution < 1.29 is 0 Å². The van der Waals surface area contributed by atoms with Gasteiger partial charge in [0.1, 0.15) is 5.82 Å².